The molecule has 1 saturated heterocycles. The number of alkyl halides is 3. The van der Waals surface area contributed by atoms with Gasteiger partial charge in [0.2, 0.25) is 0 Å². The van der Waals surface area contributed by atoms with E-state index in [1.54, 1.807) is 0 Å². The van der Waals surface area contributed by atoms with Gasteiger partial charge in [-0.2, -0.15) is 13.2 Å². The molecule has 0 aromatic carbocycles. The molecule has 1 aliphatic rings. The molecular weight excluding hydrogens is 237 g/mol. The van der Waals surface area contributed by atoms with Crippen LogP contribution < -0.4 is 0 Å². The molecule has 0 N–H and O–H groups in total. The third-order valence-electron chi connectivity index (χ3n) is 2.06. The van der Waals surface area contributed by atoms with Gasteiger partial charge < -0.3 is 9.80 Å². The Morgan fingerprint density at radius 1 is 1.00 bits per heavy atom. The summed E-state index contributed by atoms with van der Waals surface area (Å²) in [5.41, 5.74) is 0. The maximum Gasteiger partial charge on any atom is 0.471 e. The molecule has 0 unspecified atom stereocenters. The van der Waals surface area contributed by atoms with Crippen LogP contribution in [0, 0.1) is 0 Å². The highest BCUT2D eigenvalue weighted by Crippen LogP contribution is 2.19. The third kappa shape index (κ3) is 2.98. The number of amides is 2. The van der Waals surface area contributed by atoms with Gasteiger partial charge in [-0.25, -0.2) is 0 Å². The molecule has 86 valence electrons. The zero-order chi connectivity index (χ0) is 11.6. The van der Waals surface area contributed by atoms with Crippen LogP contribution in [0.3, 0.4) is 0 Å². The van der Waals surface area contributed by atoms with Crippen molar-refractivity contribution in [3.05, 3.63) is 0 Å². The van der Waals surface area contributed by atoms with E-state index in [4.69, 9.17) is 11.6 Å². The fraction of sp³-hybridized carbons (Fsp3) is 0.714. The molecular formula is C7H8ClF3N2O2. The first-order chi connectivity index (χ1) is 6.82. The lowest BCUT2D eigenvalue weighted by atomic mass is 10.3. The number of carbonyl (C=O) groups is 2. The second kappa shape index (κ2) is 4.26. The maximum absolute atomic E-state index is 12.0. The molecule has 1 aliphatic heterocycles. The number of halogens is 4. The summed E-state index contributed by atoms with van der Waals surface area (Å²) in [5.74, 6) is -1.87. The minimum Gasteiger partial charge on any atom is -0.331 e. The largest absolute Gasteiger partial charge is 0.471 e. The minimum absolute atomic E-state index is 0.0319. The Balaban J connectivity index is 2.51. The zero-order valence-electron chi connectivity index (χ0n) is 7.55. The topological polar surface area (TPSA) is 40.6 Å². The average molecular weight is 245 g/mol. The van der Waals surface area contributed by atoms with E-state index in [1.165, 1.54) is 4.90 Å². The number of rotatable bonds is 0. The summed E-state index contributed by atoms with van der Waals surface area (Å²) in [5, 5.41) is -0.714. The lowest BCUT2D eigenvalue weighted by molar-refractivity contribution is -0.186. The number of hydrogen-bond donors (Lipinski definition) is 0. The van der Waals surface area contributed by atoms with E-state index in [9.17, 15) is 22.8 Å². The van der Waals surface area contributed by atoms with Gasteiger partial charge >= 0.3 is 17.4 Å². The summed E-state index contributed by atoms with van der Waals surface area (Å²) in [7, 11) is 0. The van der Waals surface area contributed by atoms with E-state index in [1.807, 2.05) is 0 Å². The van der Waals surface area contributed by atoms with Gasteiger partial charge in [-0.15, -0.1) is 0 Å². The Morgan fingerprint density at radius 3 is 1.73 bits per heavy atom. The Kier molecular flexibility index (Phi) is 3.43. The van der Waals surface area contributed by atoms with Crippen molar-refractivity contribution >= 4 is 22.9 Å². The molecule has 0 atom stereocenters. The number of nitrogens with zero attached hydrogens (tertiary/aromatic N) is 2. The summed E-state index contributed by atoms with van der Waals surface area (Å²) in [4.78, 5) is 23.2. The molecule has 1 heterocycles. The molecule has 1 rings (SSSR count). The predicted octanol–water partition coefficient (Wildman–Crippen LogP) is 1.05. The molecule has 0 aromatic rings. The molecule has 1 fully saturated rings. The van der Waals surface area contributed by atoms with Crippen molar-refractivity contribution in [3.8, 4) is 0 Å². The third-order valence-corrected chi connectivity index (χ3v) is 2.30. The van der Waals surface area contributed by atoms with Gasteiger partial charge in [0.15, 0.2) is 0 Å². The SMILES string of the molecule is O=C(Cl)N1CCN(C(=O)C(F)(F)F)CC1. The van der Waals surface area contributed by atoms with Crippen LogP contribution in [-0.2, 0) is 4.79 Å². The Labute approximate surface area is 88.6 Å². The fourth-order valence-electron chi connectivity index (χ4n) is 1.26. The highest BCUT2D eigenvalue weighted by atomic mass is 35.5. The van der Waals surface area contributed by atoms with E-state index in [2.05, 4.69) is 0 Å². The van der Waals surface area contributed by atoms with Crippen LogP contribution in [0.5, 0.6) is 0 Å². The van der Waals surface area contributed by atoms with Crippen molar-refractivity contribution in [3.63, 3.8) is 0 Å². The van der Waals surface area contributed by atoms with Gasteiger partial charge in [0, 0.05) is 26.2 Å². The highest BCUT2D eigenvalue weighted by molar-refractivity contribution is 6.62. The summed E-state index contributed by atoms with van der Waals surface area (Å²) in [6, 6.07) is 0. The van der Waals surface area contributed by atoms with Gasteiger partial charge in [0.1, 0.15) is 0 Å². The normalized spacial score (nSPS) is 17.9. The average Bonchev–Trinajstić information content (AvgIpc) is 2.15. The molecule has 2 amide bonds. The fourth-order valence-corrected chi connectivity index (χ4v) is 1.43. The standard InChI is InChI=1S/C7H8ClF3N2O2/c8-6(15)13-3-1-12(2-4-13)5(14)7(9,10)11/h1-4H2. The van der Waals surface area contributed by atoms with E-state index in [0.29, 0.717) is 4.90 Å². The number of carbonyl (C=O) groups excluding carboxylic acids is 2. The first-order valence-electron chi connectivity index (χ1n) is 4.13. The lowest BCUT2D eigenvalue weighted by Crippen LogP contribution is -2.52. The molecule has 0 saturated carbocycles. The zero-order valence-corrected chi connectivity index (χ0v) is 8.31. The van der Waals surface area contributed by atoms with Gasteiger partial charge in [-0.05, 0) is 11.6 Å². The maximum atomic E-state index is 12.0. The summed E-state index contributed by atoms with van der Waals surface area (Å²) >= 11 is 5.14. The summed E-state index contributed by atoms with van der Waals surface area (Å²) in [6.07, 6.45) is -4.85. The summed E-state index contributed by atoms with van der Waals surface area (Å²) < 4.78 is 36.0. The van der Waals surface area contributed by atoms with Crippen LogP contribution >= 0.6 is 11.6 Å². The Hall–Kier alpha value is -0.980. The number of piperazine rings is 1. The second-order valence-electron chi connectivity index (χ2n) is 3.03. The van der Waals surface area contributed by atoms with E-state index in [0.717, 1.165) is 0 Å². The molecule has 0 aromatic heterocycles. The van der Waals surface area contributed by atoms with Crippen LogP contribution in [0.2, 0.25) is 0 Å². The monoisotopic (exact) mass is 244 g/mol. The van der Waals surface area contributed by atoms with Crippen LogP contribution in [0.1, 0.15) is 0 Å². The molecule has 8 heteroatoms. The predicted molar refractivity (Wildman–Crippen MR) is 45.5 cm³/mol. The molecule has 4 nitrogen and oxygen atoms in total. The van der Waals surface area contributed by atoms with Gasteiger partial charge in [0.05, 0.1) is 0 Å². The van der Waals surface area contributed by atoms with Crippen LogP contribution in [-0.4, -0.2) is 53.4 Å². The van der Waals surface area contributed by atoms with Gasteiger partial charge in [-0.1, -0.05) is 0 Å². The van der Waals surface area contributed by atoms with Crippen molar-refractivity contribution in [1.82, 2.24) is 9.80 Å². The molecule has 0 bridgehead atoms. The van der Waals surface area contributed by atoms with Crippen molar-refractivity contribution in [2.75, 3.05) is 26.2 Å². The van der Waals surface area contributed by atoms with Crippen molar-refractivity contribution < 1.29 is 22.8 Å². The minimum atomic E-state index is -4.85. The lowest BCUT2D eigenvalue weighted by Gasteiger charge is -2.33. The summed E-state index contributed by atoms with van der Waals surface area (Å²) in [6.45, 7) is -0.220. The molecule has 0 aliphatic carbocycles. The van der Waals surface area contributed by atoms with E-state index >= 15 is 0 Å². The highest BCUT2D eigenvalue weighted by Gasteiger charge is 2.43. The van der Waals surface area contributed by atoms with E-state index < -0.39 is 17.4 Å². The quantitative estimate of drug-likeness (QED) is 0.472. The first-order valence-corrected chi connectivity index (χ1v) is 4.50. The van der Waals surface area contributed by atoms with E-state index in [-0.39, 0.29) is 26.2 Å². The Morgan fingerprint density at radius 2 is 1.40 bits per heavy atom. The van der Waals surface area contributed by atoms with Gasteiger partial charge in [0.25, 0.3) is 0 Å². The molecule has 15 heavy (non-hydrogen) atoms. The second-order valence-corrected chi connectivity index (χ2v) is 3.35. The van der Waals surface area contributed by atoms with Crippen molar-refractivity contribution in [2.24, 2.45) is 0 Å². The van der Waals surface area contributed by atoms with Gasteiger partial charge in [-0.3, -0.25) is 9.59 Å². The Bertz CT molecular complexity index is 274. The van der Waals surface area contributed by atoms with Crippen LogP contribution in [0.4, 0.5) is 18.0 Å². The van der Waals surface area contributed by atoms with Crippen LogP contribution in [0.15, 0.2) is 0 Å². The smallest absolute Gasteiger partial charge is 0.331 e. The van der Waals surface area contributed by atoms with Crippen molar-refractivity contribution in [2.45, 2.75) is 6.18 Å². The van der Waals surface area contributed by atoms with Crippen molar-refractivity contribution in [1.29, 1.82) is 0 Å². The van der Waals surface area contributed by atoms with Crippen LogP contribution in [0.25, 0.3) is 0 Å². The number of hydrogen-bond acceptors (Lipinski definition) is 2. The molecule has 0 spiro atoms. The molecule has 0 radical (unpaired) electrons. The first kappa shape index (κ1) is 12.1.